The van der Waals surface area contributed by atoms with Crippen LogP contribution in [0, 0.1) is 0 Å². The van der Waals surface area contributed by atoms with Crippen molar-refractivity contribution in [3.63, 3.8) is 0 Å². The minimum atomic E-state index is 0.771. The Morgan fingerprint density at radius 3 is 1.84 bits per heavy atom. The maximum Gasteiger partial charge on any atom is 0.0455 e. The number of hydrogen-bond acceptors (Lipinski definition) is 2. The first kappa shape index (κ1) is 23.8. The Balaban J connectivity index is 1.35. The lowest BCUT2D eigenvalue weighted by Gasteiger charge is -2.15. The highest BCUT2D eigenvalue weighted by Gasteiger charge is 2.12. The lowest BCUT2D eigenvalue weighted by molar-refractivity contribution is 1.47. The summed E-state index contributed by atoms with van der Waals surface area (Å²) < 4.78 is 0. The molecule has 38 heavy (non-hydrogen) atoms. The molecule has 0 radical (unpaired) electrons. The lowest BCUT2D eigenvalue weighted by Crippen LogP contribution is -1.90. The Hall–Kier alpha value is -4.53. The van der Waals surface area contributed by atoms with Gasteiger partial charge in [-0.15, -0.1) is 0 Å². The second-order valence-electron chi connectivity index (χ2n) is 9.29. The number of fused-ring (bicyclic) bond motifs is 1. The highest BCUT2D eigenvalue weighted by molar-refractivity contribution is 8.08. The highest BCUT2D eigenvalue weighted by atomic mass is 32.2. The molecule has 1 nitrogen and oxygen atoms in total. The molecule has 0 aliphatic carbocycles. The molecule has 0 saturated carbocycles. The van der Waals surface area contributed by atoms with Crippen molar-refractivity contribution in [1.29, 1.82) is 0 Å². The zero-order chi connectivity index (χ0) is 25.9. The van der Waals surface area contributed by atoms with Crippen LogP contribution in [-0.4, -0.2) is 0 Å². The van der Waals surface area contributed by atoms with Crippen molar-refractivity contribution in [2.45, 2.75) is 4.90 Å². The van der Waals surface area contributed by atoms with Gasteiger partial charge in [0.1, 0.15) is 0 Å². The largest absolute Gasteiger partial charge is 0.398 e. The number of para-hydroxylation sites is 1. The molecule has 0 heterocycles. The van der Waals surface area contributed by atoms with E-state index in [0.29, 0.717) is 0 Å². The van der Waals surface area contributed by atoms with E-state index in [9.17, 15) is 0 Å². The van der Waals surface area contributed by atoms with Crippen LogP contribution >= 0.6 is 11.8 Å². The van der Waals surface area contributed by atoms with E-state index < -0.39 is 0 Å². The average Bonchev–Trinajstić information content (AvgIpc) is 2.98. The molecule has 0 unspecified atom stereocenters. The molecular weight excluding hydrogens is 478 g/mol. The van der Waals surface area contributed by atoms with E-state index in [-0.39, 0.29) is 0 Å². The third kappa shape index (κ3) is 4.74. The zero-order valence-corrected chi connectivity index (χ0v) is 21.8. The fraction of sp³-hybridized carbons (Fsp3) is 0. The van der Waals surface area contributed by atoms with E-state index in [4.69, 9.17) is 5.73 Å². The van der Waals surface area contributed by atoms with E-state index in [1.54, 1.807) is 11.8 Å². The van der Waals surface area contributed by atoms with Gasteiger partial charge in [-0.25, -0.2) is 0 Å². The molecule has 6 aromatic carbocycles. The minimum Gasteiger partial charge on any atom is -0.398 e. The number of thioether (sulfide) groups is 1. The predicted octanol–water partition coefficient (Wildman–Crippen LogP) is 10.2. The van der Waals surface area contributed by atoms with Crippen molar-refractivity contribution in [2.24, 2.45) is 0 Å². The number of hydrogen-bond donors (Lipinski definition) is 1. The van der Waals surface area contributed by atoms with Crippen molar-refractivity contribution in [3.05, 3.63) is 152 Å². The van der Waals surface area contributed by atoms with E-state index in [0.717, 1.165) is 21.1 Å². The summed E-state index contributed by atoms with van der Waals surface area (Å²) in [5, 5.41) is 2.40. The summed E-state index contributed by atoms with van der Waals surface area (Å²) in [6, 6.07) is 49.0. The first-order valence-corrected chi connectivity index (χ1v) is 13.5. The fourth-order valence-corrected chi connectivity index (χ4v) is 5.79. The molecule has 0 amide bonds. The molecule has 6 aromatic rings. The van der Waals surface area contributed by atoms with Gasteiger partial charge in [-0.1, -0.05) is 140 Å². The van der Waals surface area contributed by atoms with E-state index >= 15 is 0 Å². The zero-order valence-electron chi connectivity index (χ0n) is 21.0. The molecule has 0 fully saturated rings. The molecule has 0 spiro atoms. The number of benzene rings is 6. The summed E-state index contributed by atoms with van der Waals surface area (Å²) in [5.74, 6) is 0. The third-order valence-corrected chi connectivity index (χ3v) is 7.93. The van der Waals surface area contributed by atoms with Crippen LogP contribution in [0.3, 0.4) is 0 Å². The number of anilines is 1. The Morgan fingerprint density at radius 2 is 1.08 bits per heavy atom. The normalized spacial score (nSPS) is 10.9. The van der Waals surface area contributed by atoms with E-state index in [1.165, 1.54) is 44.2 Å². The Morgan fingerprint density at radius 1 is 0.500 bits per heavy atom. The van der Waals surface area contributed by atoms with Crippen molar-refractivity contribution in [2.75, 3.05) is 5.73 Å². The predicted molar refractivity (Wildman–Crippen MR) is 166 cm³/mol. The van der Waals surface area contributed by atoms with Gasteiger partial charge < -0.3 is 5.73 Å². The standard InChI is InChI=1S/C36H27NS/c1-25(38-36-17-8-7-16-35(36)37)31-22-23-32(34-15-6-5-14-33(31)34)30-13-9-12-29(24-30)28-20-18-27(19-21-28)26-10-3-2-4-11-26/h2-24H,1,37H2. The van der Waals surface area contributed by atoms with Crippen LogP contribution in [0.4, 0.5) is 5.69 Å². The van der Waals surface area contributed by atoms with Gasteiger partial charge in [0.25, 0.3) is 0 Å². The Bertz CT molecular complexity index is 1750. The first-order valence-electron chi connectivity index (χ1n) is 12.7. The van der Waals surface area contributed by atoms with Gasteiger partial charge in [0, 0.05) is 15.5 Å². The summed E-state index contributed by atoms with van der Waals surface area (Å²) in [5.41, 5.74) is 15.4. The summed E-state index contributed by atoms with van der Waals surface area (Å²) in [6.45, 7) is 4.40. The molecule has 0 atom stereocenters. The van der Waals surface area contributed by atoms with Crippen molar-refractivity contribution in [1.82, 2.24) is 0 Å². The Labute approximate surface area is 228 Å². The SMILES string of the molecule is C=C(Sc1ccccc1N)c1ccc(-c2cccc(-c3ccc(-c4ccccc4)cc3)c2)c2ccccc12. The third-order valence-electron chi connectivity index (χ3n) is 6.88. The highest BCUT2D eigenvalue weighted by Crippen LogP contribution is 2.41. The van der Waals surface area contributed by atoms with Gasteiger partial charge in [-0.05, 0) is 67.9 Å². The van der Waals surface area contributed by atoms with Gasteiger partial charge in [0.2, 0.25) is 0 Å². The van der Waals surface area contributed by atoms with Gasteiger partial charge >= 0.3 is 0 Å². The molecule has 6 rings (SSSR count). The van der Waals surface area contributed by atoms with Crippen LogP contribution in [0.2, 0.25) is 0 Å². The fourth-order valence-electron chi connectivity index (χ4n) is 4.91. The van der Waals surface area contributed by atoms with Gasteiger partial charge in [0.05, 0.1) is 0 Å². The summed E-state index contributed by atoms with van der Waals surface area (Å²) in [4.78, 5) is 2.01. The van der Waals surface area contributed by atoms with Crippen molar-refractivity contribution < 1.29 is 0 Å². The quantitative estimate of drug-likeness (QED) is 0.180. The van der Waals surface area contributed by atoms with Crippen LogP contribution < -0.4 is 5.73 Å². The van der Waals surface area contributed by atoms with Crippen LogP contribution in [0.1, 0.15) is 5.56 Å². The topological polar surface area (TPSA) is 26.0 Å². The lowest BCUT2D eigenvalue weighted by atomic mass is 9.92. The molecular formula is C36H27NS. The van der Waals surface area contributed by atoms with Crippen LogP contribution in [0.5, 0.6) is 0 Å². The van der Waals surface area contributed by atoms with Crippen molar-refractivity contribution in [3.8, 4) is 33.4 Å². The molecule has 2 heteroatoms. The first-order chi connectivity index (χ1) is 18.7. The molecule has 0 bridgehead atoms. The number of nitrogen functional groups attached to an aromatic ring is 1. The maximum atomic E-state index is 6.20. The van der Waals surface area contributed by atoms with Crippen molar-refractivity contribution >= 4 is 33.1 Å². The average molecular weight is 506 g/mol. The molecule has 182 valence electrons. The summed E-state index contributed by atoms with van der Waals surface area (Å²) >= 11 is 1.62. The summed E-state index contributed by atoms with van der Waals surface area (Å²) in [6.07, 6.45) is 0. The van der Waals surface area contributed by atoms with Gasteiger partial charge in [-0.3, -0.25) is 0 Å². The molecule has 0 aliphatic heterocycles. The van der Waals surface area contributed by atoms with Crippen LogP contribution in [-0.2, 0) is 0 Å². The van der Waals surface area contributed by atoms with E-state index in [1.807, 2.05) is 30.3 Å². The van der Waals surface area contributed by atoms with E-state index in [2.05, 4.69) is 116 Å². The van der Waals surface area contributed by atoms with Gasteiger partial charge in [-0.2, -0.15) is 0 Å². The Kier molecular flexibility index (Phi) is 6.56. The number of rotatable bonds is 6. The molecule has 0 aliphatic rings. The van der Waals surface area contributed by atoms with Crippen LogP contribution in [0.25, 0.3) is 49.1 Å². The molecule has 0 aromatic heterocycles. The second-order valence-corrected chi connectivity index (χ2v) is 10.4. The number of nitrogens with two attached hydrogens (primary N) is 1. The second kappa shape index (κ2) is 10.5. The minimum absolute atomic E-state index is 0.771. The smallest absolute Gasteiger partial charge is 0.0455 e. The maximum absolute atomic E-state index is 6.20. The van der Waals surface area contributed by atoms with Crippen LogP contribution in [0.15, 0.2) is 151 Å². The van der Waals surface area contributed by atoms with Gasteiger partial charge in [0.15, 0.2) is 0 Å². The summed E-state index contributed by atoms with van der Waals surface area (Å²) in [7, 11) is 0. The monoisotopic (exact) mass is 505 g/mol. The molecule has 0 saturated heterocycles. The molecule has 2 N–H and O–H groups in total.